The second-order valence-corrected chi connectivity index (χ2v) is 3.76. The number of esters is 1. The van der Waals surface area contributed by atoms with E-state index in [1.54, 1.807) is 12.1 Å². The summed E-state index contributed by atoms with van der Waals surface area (Å²) in [6, 6.07) is 3.94. The zero-order valence-electron chi connectivity index (χ0n) is 9.19. The van der Waals surface area contributed by atoms with E-state index in [0.717, 1.165) is 25.3 Å². The molecule has 16 heavy (non-hydrogen) atoms. The molecule has 1 aromatic rings. The molecule has 1 fully saturated rings. The number of hydrogen-bond donors (Lipinski definition) is 2. The van der Waals surface area contributed by atoms with Gasteiger partial charge in [0.15, 0.2) is 0 Å². The third-order valence-corrected chi connectivity index (χ3v) is 2.60. The third-order valence-electron chi connectivity index (χ3n) is 2.60. The van der Waals surface area contributed by atoms with Crippen LogP contribution in [0.3, 0.4) is 0 Å². The molecule has 86 valence electrons. The number of hydrogen-bond acceptors (Lipinski definition) is 5. The van der Waals surface area contributed by atoms with E-state index >= 15 is 0 Å². The van der Waals surface area contributed by atoms with Crippen molar-refractivity contribution in [1.29, 1.82) is 0 Å². The summed E-state index contributed by atoms with van der Waals surface area (Å²) in [5, 5.41) is 6.57. The van der Waals surface area contributed by atoms with Gasteiger partial charge in [0, 0.05) is 18.8 Å². The van der Waals surface area contributed by atoms with Crippen LogP contribution in [0.1, 0.15) is 16.8 Å². The summed E-state index contributed by atoms with van der Waals surface area (Å²) in [5.74, 6) is 0.433. The van der Waals surface area contributed by atoms with Gasteiger partial charge in [-0.3, -0.25) is 0 Å². The number of carbonyl (C=O) groups excluding carboxylic acids is 1. The van der Waals surface area contributed by atoms with Crippen molar-refractivity contribution in [3.05, 3.63) is 23.9 Å². The number of anilines is 1. The van der Waals surface area contributed by atoms with E-state index in [-0.39, 0.29) is 5.97 Å². The van der Waals surface area contributed by atoms with Gasteiger partial charge in [-0.25, -0.2) is 9.78 Å². The number of methoxy groups -OCH3 is 1. The molecule has 1 aromatic heterocycles. The lowest BCUT2D eigenvalue weighted by Crippen LogP contribution is -2.22. The van der Waals surface area contributed by atoms with Gasteiger partial charge in [-0.2, -0.15) is 0 Å². The zero-order chi connectivity index (χ0) is 11.4. The minimum atomic E-state index is -0.360. The molecule has 2 N–H and O–H groups in total. The van der Waals surface area contributed by atoms with Crippen molar-refractivity contribution in [2.45, 2.75) is 12.5 Å². The van der Waals surface area contributed by atoms with Crippen LogP contribution >= 0.6 is 0 Å². The SMILES string of the molecule is COC(=O)c1ccc(NC2CCNC2)nc1. The Morgan fingerprint density at radius 3 is 3.06 bits per heavy atom. The first kappa shape index (κ1) is 10.9. The Balaban J connectivity index is 1.98. The van der Waals surface area contributed by atoms with E-state index in [0.29, 0.717) is 11.6 Å². The highest BCUT2D eigenvalue weighted by molar-refractivity contribution is 5.89. The Kier molecular flexibility index (Phi) is 3.36. The first-order valence-electron chi connectivity index (χ1n) is 5.31. The first-order chi connectivity index (χ1) is 7.79. The van der Waals surface area contributed by atoms with Gasteiger partial charge >= 0.3 is 5.97 Å². The normalized spacial score (nSPS) is 19.4. The van der Waals surface area contributed by atoms with Crippen molar-refractivity contribution < 1.29 is 9.53 Å². The van der Waals surface area contributed by atoms with Crippen LogP contribution in [0.2, 0.25) is 0 Å². The van der Waals surface area contributed by atoms with Crippen LogP contribution < -0.4 is 10.6 Å². The van der Waals surface area contributed by atoms with E-state index in [9.17, 15) is 4.79 Å². The number of rotatable bonds is 3. The molecule has 0 radical (unpaired) electrons. The highest BCUT2D eigenvalue weighted by atomic mass is 16.5. The molecule has 5 nitrogen and oxygen atoms in total. The van der Waals surface area contributed by atoms with E-state index in [1.165, 1.54) is 13.3 Å². The number of carbonyl (C=O) groups is 1. The lowest BCUT2D eigenvalue weighted by Gasteiger charge is -2.11. The van der Waals surface area contributed by atoms with Gasteiger partial charge in [0.05, 0.1) is 12.7 Å². The van der Waals surface area contributed by atoms with Crippen molar-refractivity contribution in [2.24, 2.45) is 0 Å². The molecular weight excluding hydrogens is 206 g/mol. The minimum Gasteiger partial charge on any atom is -0.465 e. The summed E-state index contributed by atoms with van der Waals surface area (Å²) in [7, 11) is 1.36. The lowest BCUT2D eigenvalue weighted by atomic mass is 10.2. The van der Waals surface area contributed by atoms with Crippen molar-refractivity contribution in [2.75, 3.05) is 25.5 Å². The molecule has 1 aliphatic heterocycles. The molecule has 1 aliphatic rings. The maximum absolute atomic E-state index is 11.2. The van der Waals surface area contributed by atoms with Crippen LogP contribution in [-0.4, -0.2) is 37.2 Å². The van der Waals surface area contributed by atoms with Crippen molar-refractivity contribution in [3.63, 3.8) is 0 Å². The molecule has 5 heteroatoms. The highest BCUT2D eigenvalue weighted by Crippen LogP contribution is 2.10. The van der Waals surface area contributed by atoms with Crippen molar-refractivity contribution in [1.82, 2.24) is 10.3 Å². The quantitative estimate of drug-likeness (QED) is 0.733. The van der Waals surface area contributed by atoms with Crippen molar-refractivity contribution in [3.8, 4) is 0 Å². The molecule has 2 rings (SSSR count). The van der Waals surface area contributed by atoms with E-state index in [2.05, 4.69) is 20.4 Å². The van der Waals surface area contributed by atoms with E-state index < -0.39 is 0 Å². The van der Waals surface area contributed by atoms with Crippen molar-refractivity contribution >= 4 is 11.8 Å². The van der Waals surface area contributed by atoms with Crippen LogP contribution in [0.5, 0.6) is 0 Å². The molecule has 1 atom stereocenters. The first-order valence-corrected chi connectivity index (χ1v) is 5.31. The van der Waals surface area contributed by atoms with Crippen LogP contribution in [0.15, 0.2) is 18.3 Å². The molecule has 0 aromatic carbocycles. The number of pyridine rings is 1. The fraction of sp³-hybridized carbons (Fsp3) is 0.455. The average Bonchev–Trinajstić information content (AvgIpc) is 2.82. The topological polar surface area (TPSA) is 63.2 Å². The number of aromatic nitrogens is 1. The Morgan fingerprint density at radius 1 is 1.62 bits per heavy atom. The maximum atomic E-state index is 11.2. The third kappa shape index (κ3) is 2.49. The fourth-order valence-electron chi connectivity index (χ4n) is 1.70. The average molecular weight is 221 g/mol. The van der Waals surface area contributed by atoms with E-state index in [4.69, 9.17) is 0 Å². The monoisotopic (exact) mass is 221 g/mol. The summed E-state index contributed by atoms with van der Waals surface area (Å²) in [6.45, 7) is 2.00. The molecule has 0 amide bonds. The number of ether oxygens (including phenoxy) is 1. The number of nitrogens with one attached hydrogen (secondary N) is 2. The smallest absolute Gasteiger partial charge is 0.339 e. The fourth-order valence-corrected chi connectivity index (χ4v) is 1.70. The Labute approximate surface area is 94.2 Å². The standard InChI is InChI=1S/C11H15N3O2/c1-16-11(15)8-2-3-10(13-6-8)14-9-4-5-12-7-9/h2-3,6,9,12H,4-5,7H2,1H3,(H,13,14). The van der Waals surface area contributed by atoms with Crippen LogP contribution in [-0.2, 0) is 4.74 Å². The molecular formula is C11H15N3O2. The Bertz CT molecular complexity index is 358. The molecule has 0 bridgehead atoms. The Morgan fingerprint density at radius 2 is 2.50 bits per heavy atom. The largest absolute Gasteiger partial charge is 0.465 e. The predicted octanol–water partition coefficient (Wildman–Crippen LogP) is 0.642. The molecule has 1 unspecified atom stereocenters. The zero-order valence-corrected chi connectivity index (χ0v) is 9.19. The maximum Gasteiger partial charge on any atom is 0.339 e. The van der Waals surface area contributed by atoms with Gasteiger partial charge in [-0.1, -0.05) is 0 Å². The minimum absolute atomic E-state index is 0.360. The van der Waals surface area contributed by atoms with Gasteiger partial charge in [-0.05, 0) is 25.1 Å². The van der Waals surface area contributed by atoms with Gasteiger partial charge in [0.2, 0.25) is 0 Å². The van der Waals surface area contributed by atoms with Gasteiger partial charge in [-0.15, -0.1) is 0 Å². The van der Waals surface area contributed by atoms with Crippen LogP contribution in [0, 0.1) is 0 Å². The second-order valence-electron chi connectivity index (χ2n) is 3.76. The number of nitrogens with zero attached hydrogens (tertiary/aromatic N) is 1. The summed E-state index contributed by atoms with van der Waals surface area (Å²) in [6.07, 6.45) is 2.62. The summed E-state index contributed by atoms with van der Waals surface area (Å²) >= 11 is 0. The lowest BCUT2D eigenvalue weighted by molar-refractivity contribution is 0.0600. The highest BCUT2D eigenvalue weighted by Gasteiger charge is 2.14. The van der Waals surface area contributed by atoms with Gasteiger partial charge in [0.25, 0.3) is 0 Å². The predicted molar refractivity (Wildman–Crippen MR) is 60.5 cm³/mol. The van der Waals surface area contributed by atoms with Gasteiger partial charge in [0.1, 0.15) is 5.82 Å². The summed E-state index contributed by atoms with van der Waals surface area (Å²) in [4.78, 5) is 15.3. The second kappa shape index (κ2) is 4.94. The summed E-state index contributed by atoms with van der Waals surface area (Å²) in [5.41, 5.74) is 0.470. The molecule has 2 heterocycles. The molecule has 0 saturated carbocycles. The molecule has 1 saturated heterocycles. The van der Waals surface area contributed by atoms with Crippen LogP contribution in [0.4, 0.5) is 5.82 Å². The van der Waals surface area contributed by atoms with Crippen LogP contribution in [0.25, 0.3) is 0 Å². The Hall–Kier alpha value is -1.62. The summed E-state index contributed by atoms with van der Waals surface area (Å²) < 4.78 is 4.60. The molecule has 0 aliphatic carbocycles. The van der Waals surface area contributed by atoms with E-state index in [1.807, 2.05) is 0 Å². The van der Waals surface area contributed by atoms with Gasteiger partial charge < -0.3 is 15.4 Å². The molecule has 0 spiro atoms.